The lowest BCUT2D eigenvalue weighted by molar-refractivity contribution is -0.145. The summed E-state index contributed by atoms with van der Waals surface area (Å²) in [7, 11) is 0. The topological polar surface area (TPSA) is 34.1 Å². The molecule has 0 aromatic rings. The van der Waals surface area contributed by atoms with Gasteiger partial charge in [-0.25, -0.2) is 0 Å². The van der Waals surface area contributed by atoms with E-state index >= 15 is 0 Å². The molecule has 0 bridgehead atoms. The van der Waals surface area contributed by atoms with E-state index in [0.29, 0.717) is 0 Å². The maximum absolute atomic E-state index is 12.1. The van der Waals surface area contributed by atoms with Crippen LogP contribution in [0.3, 0.4) is 0 Å². The van der Waals surface area contributed by atoms with Crippen molar-refractivity contribution in [2.45, 2.75) is 37.3 Å². The van der Waals surface area contributed by atoms with Gasteiger partial charge >= 0.3 is 0 Å². The molecule has 0 N–H and O–H groups in total. The van der Waals surface area contributed by atoms with Crippen LogP contribution in [-0.2, 0) is 9.59 Å². The first-order valence-electron chi connectivity index (χ1n) is 4.50. The Morgan fingerprint density at radius 2 is 1.21 bits per heavy atom. The van der Waals surface area contributed by atoms with Gasteiger partial charge in [-0.05, 0) is 0 Å². The Morgan fingerprint density at radius 3 is 1.50 bits per heavy atom. The molecule has 0 heterocycles. The van der Waals surface area contributed by atoms with Crippen molar-refractivity contribution >= 4 is 43.4 Å². The van der Waals surface area contributed by atoms with Crippen LogP contribution in [0.25, 0.3) is 0 Å². The largest absolute Gasteiger partial charge is 0.298 e. The Kier molecular flexibility index (Phi) is 3.01. The summed E-state index contributed by atoms with van der Waals surface area (Å²) in [4.78, 5) is 23.2. The lowest BCUT2D eigenvalue weighted by Crippen LogP contribution is -2.58. The van der Waals surface area contributed by atoms with Gasteiger partial charge < -0.3 is 0 Å². The third kappa shape index (κ3) is 1.51. The van der Waals surface area contributed by atoms with E-state index in [1.54, 1.807) is 0 Å². The molecule has 0 radical (unpaired) electrons. The molecule has 1 aliphatic rings. The van der Waals surface area contributed by atoms with E-state index in [2.05, 4.69) is 31.9 Å². The van der Waals surface area contributed by atoms with E-state index in [9.17, 15) is 9.59 Å². The van der Waals surface area contributed by atoms with E-state index in [-0.39, 0.29) is 21.2 Å². The van der Waals surface area contributed by atoms with Crippen LogP contribution in [0.4, 0.5) is 0 Å². The summed E-state index contributed by atoms with van der Waals surface area (Å²) in [5, 5.41) is 0. The molecule has 1 fully saturated rings. The van der Waals surface area contributed by atoms with Gasteiger partial charge in [-0.15, -0.1) is 0 Å². The number of carbonyl (C=O) groups excluding carboxylic acids is 2. The average Bonchev–Trinajstić information content (AvgIpc) is 2.11. The zero-order chi connectivity index (χ0) is 11.3. The van der Waals surface area contributed by atoms with Crippen LogP contribution in [0.15, 0.2) is 0 Å². The Morgan fingerprint density at radius 1 is 0.929 bits per heavy atom. The summed E-state index contributed by atoms with van der Waals surface area (Å²) >= 11 is 6.61. The molecule has 14 heavy (non-hydrogen) atoms. The summed E-state index contributed by atoms with van der Waals surface area (Å²) in [6.07, 6.45) is 0. The van der Waals surface area contributed by atoms with Gasteiger partial charge in [0.15, 0.2) is 5.78 Å². The molecule has 2 nitrogen and oxygen atoms in total. The predicted molar refractivity (Wildman–Crippen MR) is 63.0 cm³/mol. The second kappa shape index (κ2) is 3.41. The Hall–Kier alpha value is 0.300. The highest BCUT2D eigenvalue weighted by molar-refractivity contribution is 9.10. The van der Waals surface area contributed by atoms with Gasteiger partial charge in [-0.1, -0.05) is 59.6 Å². The number of alkyl halides is 2. The Balaban J connectivity index is 3.22. The Bertz CT molecular complexity index is 268. The van der Waals surface area contributed by atoms with Crippen LogP contribution in [0, 0.1) is 10.8 Å². The van der Waals surface area contributed by atoms with Crippen molar-refractivity contribution in [1.29, 1.82) is 0 Å². The van der Waals surface area contributed by atoms with Crippen molar-refractivity contribution in [3.63, 3.8) is 0 Å². The fraction of sp³-hybridized carbons (Fsp3) is 0.800. The maximum Gasteiger partial charge on any atom is 0.162 e. The first kappa shape index (κ1) is 12.4. The average molecular weight is 326 g/mol. The summed E-state index contributed by atoms with van der Waals surface area (Å²) in [5.74, 6) is 0.174. The fourth-order valence-corrected chi connectivity index (χ4v) is 3.20. The van der Waals surface area contributed by atoms with Crippen LogP contribution in [-0.4, -0.2) is 21.2 Å². The van der Waals surface area contributed by atoms with Crippen molar-refractivity contribution in [3.8, 4) is 0 Å². The SMILES string of the molecule is CC1(C)C(=O)C(C)(C)C(Br)C(=O)C1Br. The molecule has 2 atom stereocenters. The molecule has 0 aromatic carbocycles. The second-order valence-corrected chi connectivity index (χ2v) is 6.73. The van der Waals surface area contributed by atoms with Crippen molar-refractivity contribution in [1.82, 2.24) is 0 Å². The zero-order valence-electron chi connectivity index (χ0n) is 8.73. The summed E-state index contributed by atoms with van der Waals surface area (Å²) in [5.41, 5.74) is -1.24. The number of Topliss-reactive ketones (excluding diaryl/α,β-unsaturated/α-hetero) is 2. The van der Waals surface area contributed by atoms with Gasteiger partial charge in [0.25, 0.3) is 0 Å². The molecular formula is C10H14Br2O2. The number of carbonyl (C=O) groups is 2. The predicted octanol–water partition coefficient (Wildman–Crippen LogP) is 2.72. The minimum atomic E-state index is -0.620. The lowest BCUT2D eigenvalue weighted by Gasteiger charge is -2.44. The van der Waals surface area contributed by atoms with Gasteiger partial charge in [-0.3, -0.25) is 9.59 Å². The molecule has 0 aliphatic heterocycles. The van der Waals surface area contributed by atoms with E-state index in [1.807, 2.05) is 27.7 Å². The minimum Gasteiger partial charge on any atom is -0.298 e. The zero-order valence-corrected chi connectivity index (χ0v) is 11.9. The van der Waals surface area contributed by atoms with Gasteiger partial charge in [0.05, 0.1) is 9.65 Å². The molecule has 80 valence electrons. The number of rotatable bonds is 0. The molecule has 0 spiro atoms. The van der Waals surface area contributed by atoms with Crippen molar-refractivity contribution in [3.05, 3.63) is 0 Å². The molecule has 1 aliphatic carbocycles. The van der Waals surface area contributed by atoms with Crippen LogP contribution in [0.2, 0.25) is 0 Å². The number of ketones is 2. The quantitative estimate of drug-likeness (QED) is 0.642. The van der Waals surface area contributed by atoms with Gasteiger partial charge in [-0.2, -0.15) is 0 Å². The third-order valence-corrected chi connectivity index (χ3v) is 6.13. The van der Waals surface area contributed by atoms with Crippen molar-refractivity contribution in [2.24, 2.45) is 10.8 Å². The highest BCUT2D eigenvalue weighted by Crippen LogP contribution is 2.46. The van der Waals surface area contributed by atoms with Crippen molar-refractivity contribution in [2.75, 3.05) is 0 Å². The summed E-state index contributed by atoms with van der Waals surface area (Å²) < 4.78 is 0. The lowest BCUT2D eigenvalue weighted by atomic mass is 9.63. The van der Waals surface area contributed by atoms with Gasteiger partial charge in [0.2, 0.25) is 0 Å². The molecular weight excluding hydrogens is 312 g/mol. The molecule has 0 amide bonds. The summed E-state index contributed by atoms with van der Waals surface area (Å²) in [6.45, 7) is 7.25. The smallest absolute Gasteiger partial charge is 0.162 e. The van der Waals surface area contributed by atoms with Crippen LogP contribution >= 0.6 is 31.9 Å². The number of halogens is 2. The van der Waals surface area contributed by atoms with Crippen LogP contribution in [0.1, 0.15) is 27.7 Å². The van der Waals surface area contributed by atoms with Gasteiger partial charge in [0, 0.05) is 10.8 Å². The highest BCUT2D eigenvalue weighted by atomic mass is 79.9. The number of hydrogen-bond donors (Lipinski definition) is 0. The normalized spacial score (nSPS) is 35.9. The monoisotopic (exact) mass is 324 g/mol. The molecule has 2 unspecified atom stereocenters. The van der Waals surface area contributed by atoms with Crippen molar-refractivity contribution < 1.29 is 9.59 Å². The molecule has 0 aromatic heterocycles. The first-order chi connectivity index (χ1) is 6.13. The second-order valence-electron chi connectivity index (χ2n) is 4.90. The standard InChI is InChI=1S/C10H14Br2O2/c1-9(2)6(11)5(13)7(12)10(3,4)8(9)14/h6-7H,1-4H3. The molecule has 4 heteroatoms. The highest BCUT2D eigenvalue weighted by Gasteiger charge is 2.56. The van der Waals surface area contributed by atoms with Gasteiger partial charge in [0.1, 0.15) is 5.78 Å². The minimum absolute atomic E-state index is 0.0552. The van der Waals surface area contributed by atoms with Crippen LogP contribution < -0.4 is 0 Å². The van der Waals surface area contributed by atoms with E-state index in [0.717, 1.165) is 0 Å². The Labute approximate surface area is 101 Å². The number of hydrogen-bond acceptors (Lipinski definition) is 2. The molecule has 1 saturated carbocycles. The van der Waals surface area contributed by atoms with E-state index < -0.39 is 10.8 Å². The maximum atomic E-state index is 12.1. The van der Waals surface area contributed by atoms with E-state index in [1.165, 1.54) is 0 Å². The first-order valence-corrected chi connectivity index (χ1v) is 6.33. The fourth-order valence-electron chi connectivity index (χ4n) is 1.90. The molecule has 1 rings (SSSR count). The van der Waals surface area contributed by atoms with E-state index in [4.69, 9.17) is 0 Å². The summed E-state index contributed by atoms with van der Waals surface area (Å²) in [6, 6.07) is 0. The molecule has 0 saturated heterocycles. The third-order valence-electron chi connectivity index (χ3n) is 2.94. The van der Waals surface area contributed by atoms with Crippen LogP contribution in [0.5, 0.6) is 0 Å².